The molecule has 0 aliphatic carbocycles. The molecule has 0 spiro atoms. The number of carbonyl (C=O) groups excluding carboxylic acids is 1. The fraction of sp³-hybridized carbons (Fsp3) is 0.750. The molecule has 1 amide bonds. The summed E-state index contributed by atoms with van der Waals surface area (Å²) in [4.78, 5) is 14.2. The molecule has 1 atom stereocenters. The third-order valence-corrected chi connectivity index (χ3v) is 3.46. The van der Waals surface area contributed by atoms with Crippen molar-refractivity contribution >= 4 is 5.91 Å². The van der Waals surface area contributed by atoms with E-state index in [0.717, 1.165) is 25.2 Å². The van der Waals surface area contributed by atoms with Crippen LogP contribution < -0.4 is 5.32 Å². The van der Waals surface area contributed by atoms with Gasteiger partial charge >= 0.3 is 0 Å². The number of likely N-dealkylation sites (tertiary alicyclic amines) is 1. The minimum Gasteiger partial charge on any atom is -0.354 e. The van der Waals surface area contributed by atoms with E-state index in [0.29, 0.717) is 6.54 Å². The van der Waals surface area contributed by atoms with Gasteiger partial charge in [0.25, 0.3) is 0 Å². The highest BCUT2D eigenvalue weighted by Crippen LogP contribution is 2.11. The Balaban J connectivity index is 1.70. The largest absolute Gasteiger partial charge is 0.354 e. The van der Waals surface area contributed by atoms with Gasteiger partial charge in [-0.05, 0) is 32.9 Å². The molecule has 0 aromatic carbocycles. The van der Waals surface area contributed by atoms with Crippen LogP contribution in [0.15, 0.2) is 6.20 Å². The lowest BCUT2D eigenvalue weighted by atomic mass is 10.1. The lowest BCUT2D eigenvalue weighted by Gasteiger charge is -2.31. The van der Waals surface area contributed by atoms with E-state index in [9.17, 15) is 4.79 Å². The first-order chi connectivity index (χ1) is 8.77. The van der Waals surface area contributed by atoms with E-state index < -0.39 is 0 Å². The predicted octanol–water partition coefficient (Wildman–Crippen LogP) is 0.338. The van der Waals surface area contributed by atoms with Gasteiger partial charge < -0.3 is 5.32 Å². The van der Waals surface area contributed by atoms with E-state index in [1.54, 1.807) is 6.20 Å². The van der Waals surface area contributed by atoms with Crippen molar-refractivity contribution in [1.29, 1.82) is 0 Å². The zero-order chi connectivity index (χ0) is 12.8. The Bertz CT molecular complexity index is 359. The summed E-state index contributed by atoms with van der Waals surface area (Å²) in [5, 5.41) is 13.2. The van der Waals surface area contributed by atoms with Crippen molar-refractivity contribution in [2.75, 3.05) is 19.6 Å². The highest BCUT2D eigenvalue weighted by atomic mass is 16.2. The van der Waals surface area contributed by atoms with Crippen LogP contribution in [0.4, 0.5) is 0 Å². The van der Waals surface area contributed by atoms with E-state index in [2.05, 4.69) is 25.6 Å². The molecule has 2 rings (SSSR count). The van der Waals surface area contributed by atoms with Gasteiger partial charge in [-0.15, -0.1) is 0 Å². The number of aromatic nitrogens is 3. The van der Waals surface area contributed by atoms with Gasteiger partial charge in [0.05, 0.1) is 17.9 Å². The third kappa shape index (κ3) is 3.53. The normalized spacial score (nSPS) is 18.5. The molecule has 0 saturated carbocycles. The SMILES string of the molecule is C[C@H](C(=O)NCCc1cn[nH]n1)N1CCCCC1. The Labute approximate surface area is 107 Å². The van der Waals surface area contributed by atoms with Crippen LogP contribution in [0.1, 0.15) is 31.9 Å². The fourth-order valence-electron chi connectivity index (χ4n) is 2.28. The number of carbonyl (C=O) groups is 1. The van der Waals surface area contributed by atoms with E-state index in [1.165, 1.54) is 19.3 Å². The van der Waals surface area contributed by atoms with Crippen LogP contribution in [0.25, 0.3) is 0 Å². The van der Waals surface area contributed by atoms with E-state index >= 15 is 0 Å². The summed E-state index contributed by atoms with van der Waals surface area (Å²) in [5.74, 6) is 0.111. The minimum atomic E-state index is -0.0254. The average molecular weight is 251 g/mol. The first kappa shape index (κ1) is 13.0. The van der Waals surface area contributed by atoms with E-state index in [4.69, 9.17) is 0 Å². The second-order valence-electron chi connectivity index (χ2n) is 4.77. The molecule has 1 aliphatic rings. The fourth-order valence-corrected chi connectivity index (χ4v) is 2.28. The van der Waals surface area contributed by atoms with Gasteiger partial charge in [0, 0.05) is 13.0 Å². The molecular weight excluding hydrogens is 230 g/mol. The molecule has 1 aromatic heterocycles. The van der Waals surface area contributed by atoms with Crippen molar-refractivity contribution in [2.24, 2.45) is 0 Å². The van der Waals surface area contributed by atoms with E-state index in [1.807, 2.05) is 6.92 Å². The first-order valence-electron chi connectivity index (χ1n) is 6.64. The van der Waals surface area contributed by atoms with Crippen LogP contribution in [0.5, 0.6) is 0 Å². The van der Waals surface area contributed by atoms with Crippen LogP contribution in [0.2, 0.25) is 0 Å². The number of piperidine rings is 1. The summed E-state index contributed by atoms with van der Waals surface area (Å²) in [6, 6.07) is -0.0254. The predicted molar refractivity (Wildman–Crippen MR) is 68.0 cm³/mol. The number of nitrogens with one attached hydrogen (secondary N) is 2. The average Bonchev–Trinajstić information content (AvgIpc) is 2.92. The summed E-state index contributed by atoms with van der Waals surface area (Å²) < 4.78 is 0. The third-order valence-electron chi connectivity index (χ3n) is 3.46. The van der Waals surface area contributed by atoms with E-state index in [-0.39, 0.29) is 11.9 Å². The van der Waals surface area contributed by atoms with Gasteiger partial charge in [-0.25, -0.2) is 0 Å². The maximum absolute atomic E-state index is 12.0. The van der Waals surface area contributed by atoms with Gasteiger partial charge in [0.15, 0.2) is 0 Å². The molecule has 6 nitrogen and oxygen atoms in total. The van der Waals surface area contributed by atoms with Crippen LogP contribution in [-0.4, -0.2) is 51.9 Å². The van der Waals surface area contributed by atoms with Crippen molar-refractivity contribution in [3.05, 3.63) is 11.9 Å². The number of hydrogen-bond acceptors (Lipinski definition) is 4. The zero-order valence-electron chi connectivity index (χ0n) is 10.9. The molecule has 0 unspecified atom stereocenters. The molecule has 1 aromatic rings. The van der Waals surface area contributed by atoms with Crippen LogP contribution in [0.3, 0.4) is 0 Å². The first-order valence-corrected chi connectivity index (χ1v) is 6.64. The van der Waals surface area contributed by atoms with Crippen molar-refractivity contribution in [1.82, 2.24) is 25.6 Å². The van der Waals surface area contributed by atoms with Crippen LogP contribution in [0, 0.1) is 0 Å². The number of amides is 1. The lowest BCUT2D eigenvalue weighted by molar-refractivity contribution is -0.126. The molecule has 1 saturated heterocycles. The maximum Gasteiger partial charge on any atom is 0.237 e. The number of aromatic amines is 1. The molecule has 1 fully saturated rings. The molecule has 6 heteroatoms. The molecule has 18 heavy (non-hydrogen) atoms. The standard InChI is InChI=1S/C12H21N5O/c1-10(17-7-3-2-4-8-17)12(18)13-6-5-11-9-14-16-15-11/h9-10H,2-8H2,1H3,(H,13,18)(H,14,15,16)/t10-/m1/s1. The lowest BCUT2D eigenvalue weighted by Crippen LogP contribution is -2.47. The smallest absolute Gasteiger partial charge is 0.237 e. The van der Waals surface area contributed by atoms with Crippen molar-refractivity contribution < 1.29 is 4.79 Å². The number of nitrogens with zero attached hydrogens (tertiary/aromatic N) is 3. The second kappa shape index (κ2) is 6.49. The van der Waals surface area contributed by atoms with Gasteiger partial charge in [0.1, 0.15) is 0 Å². The Hall–Kier alpha value is -1.43. The summed E-state index contributed by atoms with van der Waals surface area (Å²) >= 11 is 0. The number of rotatable bonds is 5. The van der Waals surface area contributed by atoms with Gasteiger partial charge in [-0.1, -0.05) is 6.42 Å². The topological polar surface area (TPSA) is 73.9 Å². The summed E-state index contributed by atoms with van der Waals surface area (Å²) in [6.45, 7) is 4.68. The molecule has 100 valence electrons. The molecule has 2 heterocycles. The highest BCUT2D eigenvalue weighted by molar-refractivity contribution is 5.81. The summed E-state index contributed by atoms with van der Waals surface area (Å²) in [7, 11) is 0. The number of hydrogen-bond donors (Lipinski definition) is 2. The van der Waals surface area contributed by atoms with Gasteiger partial charge in [-0.2, -0.15) is 15.4 Å². The Morgan fingerprint density at radius 3 is 2.94 bits per heavy atom. The zero-order valence-corrected chi connectivity index (χ0v) is 10.9. The maximum atomic E-state index is 12.0. The van der Waals surface area contributed by atoms with Crippen molar-refractivity contribution in [3.63, 3.8) is 0 Å². The Kier molecular flexibility index (Phi) is 4.69. The van der Waals surface area contributed by atoms with Crippen LogP contribution >= 0.6 is 0 Å². The molecule has 0 bridgehead atoms. The monoisotopic (exact) mass is 251 g/mol. The molecule has 0 radical (unpaired) electrons. The van der Waals surface area contributed by atoms with Crippen LogP contribution in [-0.2, 0) is 11.2 Å². The Morgan fingerprint density at radius 2 is 2.28 bits per heavy atom. The molecular formula is C12H21N5O. The summed E-state index contributed by atoms with van der Waals surface area (Å²) in [6.07, 6.45) is 6.10. The van der Waals surface area contributed by atoms with Gasteiger partial charge in [-0.3, -0.25) is 9.69 Å². The number of H-pyrrole nitrogens is 1. The highest BCUT2D eigenvalue weighted by Gasteiger charge is 2.22. The summed E-state index contributed by atoms with van der Waals surface area (Å²) in [5.41, 5.74) is 0.876. The molecule has 1 aliphatic heterocycles. The second-order valence-corrected chi connectivity index (χ2v) is 4.77. The van der Waals surface area contributed by atoms with Crippen molar-refractivity contribution in [2.45, 2.75) is 38.6 Å². The Morgan fingerprint density at radius 1 is 1.50 bits per heavy atom. The van der Waals surface area contributed by atoms with Crippen molar-refractivity contribution in [3.8, 4) is 0 Å². The minimum absolute atomic E-state index is 0.0254. The van der Waals surface area contributed by atoms with Gasteiger partial charge in [0.2, 0.25) is 5.91 Å². The molecule has 2 N–H and O–H groups in total. The quantitative estimate of drug-likeness (QED) is 0.791.